The molecule has 1 unspecified atom stereocenters. The third kappa shape index (κ3) is 9.89. The van der Waals surface area contributed by atoms with Crippen molar-refractivity contribution in [3.05, 3.63) is 35.5 Å². The van der Waals surface area contributed by atoms with Crippen molar-refractivity contribution in [3.8, 4) is 17.1 Å². The van der Waals surface area contributed by atoms with Gasteiger partial charge in [0.15, 0.2) is 14.1 Å². The monoisotopic (exact) mass is 655 g/mol. The maximum atomic E-state index is 12.8. The number of nitrogens with zero attached hydrogens (tertiary/aromatic N) is 3. The van der Waals surface area contributed by atoms with Crippen LogP contribution in [0.3, 0.4) is 0 Å². The molecule has 4 rings (SSSR count). The molecule has 1 aromatic carbocycles. The van der Waals surface area contributed by atoms with Gasteiger partial charge in [-0.3, -0.25) is 0 Å². The Hall–Kier alpha value is -2.73. The van der Waals surface area contributed by atoms with Crippen LogP contribution in [0.2, 0.25) is 18.1 Å². The van der Waals surface area contributed by atoms with Gasteiger partial charge in [-0.25, -0.2) is 14.8 Å². The second-order valence-corrected chi connectivity index (χ2v) is 20.1. The van der Waals surface area contributed by atoms with E-state index < -0.39 is 13.9 Å². The Kier molecular flexibility index (Phi) is 11.8. The van der Waals surface area contributed by atoms with Gasteiger partial charge in [-0.05, 0) is 90.3 Å². The van der Waals surface area contributed by atoms with Crippen LogP contribution in [0.4, 0.5) is 10.6 Å². The molecule has 0 saturated carbocycles. The molecule has 10 nitrogen and oxygen atoms in total. The molecule has 3 heterocycles. The summed E-state index contributed by atoms with van der Waals surface area (Å²) in [6, 6.07) is 8.20. The van der Waals surface area contributed by atoms with E-state index in [9.17, 15) is 4.79 Å². The number of hydrogen-bond acceptors (Lipinski definition) is 9. The fourth-order valence-corrected chi connectivity index (χ4v) is 6.82. The first-order valence-electron chi connectivity index (χ1n) is 16.8. The molecule has 2 aromatic rings. The molecule has 1 aromatic heterocycles. The van der Waals surface area contributed by atoms with Gasteiger partial charge in [-0.15, -0.1) is 0 Å². The minimum Gasteiger partial charge on any atom is -0.491 e. The second-order valence-electron chi connectivity index (χ2n) is 15.3. The Morgan fingerprint density at radius 1 is 1.13 bits per heavy atom. The van der Waals surface area contributed by atoms with Gasteiger partial charge in [-0.2, -0.15) is 0 Å². The molecule has 0 aliphatic carbocycles. The van der Waals surface area contributed by atoms with Crippen LogP contribution in [0.1, 0.15) is 78.0 Å². The molecule has 256 valence electrons. The van der Waals surface area contributed by atoms with Crippen LogP contribution in [0.5, 0.6) is 5.75 Å². The first-order valence-corrected chi connectivity index (χ1v) is 19.7. The van der Waals surface area contributed by atoms with Crippen LogP contribution in [0, 0.1) is 6.92 Å². The van der Waals surface area contributed by atoms with E-state index in [0.717, 1.165) is 61.6 Å². The highest BCUT2D eigenvalue weighted by Crippen LogP contribution is 2.38. The van der Waals surface area contributed by atoms with Gasteiger partial charge in [0.2, 0.25) is 0 Å². The van der Waals surface area contributed by atoms with Gasteiger partial charge in [0.05, 0.1) is 31.0 Å². The summed E-state index contributed by atoms with van der Waals surface area (Å²) < 4.78 is 24.4. The Labute approximate surface area is 277 Å². The minimum absolute atomic E-state index is 0.000897. The number of benzene rings is 1. The zero-order valence-electron chi connectivity index (χ0n) is 29.8. The summed E-state index contributed by atoms with van der Waals surface area (Å²) in [6.07, 6.45) is 2.35. The van der Waals surface area contributed by atoms with Crippen LogP contribution < -0.4 is 15.4 Å². The molecule has 1 amide bonds. The van der Waals surface area contributed by atoms with Crippen molar-refractivity contribution < 1.29 is 23.4 Å². The van der Waals surface area contributed by atoms with Gasteiger partial charge in [-0.1, -0.05) is 32.9 Å². The first kappa shape index (κ1) is 36.1. The van der Waals surface area contributed by atoms with Gasteiger partial charge in [0, 0.05) is 30.7 Å². The molecule has 11 heteroatoms. The van der Waals surface area contributed by atoms with Crippen LogP contribution in [0.25, 0.3) is 11.4 Å². The van der Waals surface area contributed by atoms with Gasteiger partial charge < -0.3 is 34.2 Å². The number of piperidine rings is 1. The van der Waals surface area contributed by atoms with E-state index in [4.69, 9.17) is 28.6 Å². The molecule has 2 aliphatic rings. The highest BCUT2D eigenvalue weighted by atomic mass is 28.4. The molecule has 0 spiro atoms. The van der Waals surface area contributed by atoms with Crippen molar-refractivity contribution >= 4 is 20.2 Å². The number of rotatable bonds is 11. The summed E-state index contributed by atoms with van der Waals surface area (Å²) in [4.78, 5) is 24.6. The highest BCUT2D eigenvalue weighted by molar-refractivity contribution is 6.74. The van der Waals surface area contributed by atoms with Crippen molar-refractivity contribution in [3.63, 3.8) is 0 Å². The average Bonchev–Trinajstić information content (AvgIpc) is 3.49. The summed E-state index contributed by atoms with van der Waals surface area (Å²) in [6.45, 7) is 22.9. The standard InChI is InChI=1S/C35H57N5O5Si/c1-24-30(25-14-17-36-18-15-25)38-32(39-31(24)37-27-16-19-42-22-27)26-12-11-13-28(20-26)43-23-29(45-46(9,10)35(5,6)7)21-40(8)33(41)44-34(2,3)4/h11-13,20,25,27,29,36H,14-19,21-23H2,1-10H3,(H,37,38,39)/t27-,29?/m1/s1. The van der Waals surface area contributed by atoms with Gasteiger partial charge in [0.1, 0.15) is 23.8 Å². The molecular formula is C35H57N5O5Si. The predicted octanol–water partition coefficient (Wildman–Crippen LogP) is 6.76. The SMILES string of the molecule is Cc1c(N[C@@H]2CCOC2)nc(-c2cccc(OCC(CN(C)C(=O)OC(C)(C)C)O[Si](C)(C)C(C)(C)C)c2)nc1C1CCNCC1. The van der Waals surface area contributed by atoms with Gasteiger partial charge >= 0.3 is 6.09 Å². The highest BCUT2D eigenvalue weighted by Gasteiger charge is 2.40. The molecule has 2 atom stereocenters. The zero-order valence-corrected chi connectivity index (χ0v) is 30.8. The summed E-state index contributed by atoms with van der Waals surface area (Å²) in [5, 5.41) is 7.13. The van der Waals surface area contributed by atoms with Crippen molar-refractivity contribution in [2.75, 3.05) is 51.8 Å². The van der Waals surface area contributed by atoms with Crippen molar-refractivity contribution in [2.45, 2.75) is 110 Å². The Morgan fingerprint density at radius 2 is 1.85 bits per heavy atom. The molecule has 0 bridgehead atoms. The number of nitrogens with one attached hydrogen (secondary N) is 2. The molecular weight excluding hydrogens is 599 g/mol. The lowest BCUT2D eigenvalue weighted by atomic mass is 9.91. The quantitative estimate of drug-likeness (QED) is 0.254. The number of ether oxygens (including phenoxy) is 3. The topological polar surface area (TPSA) is 107 Å². The zero-order chi connectivity index (χ0) is 33.7. The Balaban J connectivity index is 1.57. The molecule has 46 heavy (non-hydrogen) atoms. The van der Waals surface area contributed by atoms with E-state index in [1.165, 1.54) is 0 Å². The number of anilines is 1. The number of carbonyl (C=O) groups is 1. The van der Waals surface area contributed by atoms with E-state index in [1.807, 2.05) is 45.0 Å². The van der Waals surface area contributed by atoms with Crippen LogP contribution in [0.15, 0.2) is 24.3 Å². The van der Waals surface area contributed by atoms with E-state index in [2.05, 4.69) is 51.4 Å². The third-order valence-electron chi connectivity index (χ3n) is 9.16. The number of hydrogen-bond donors (Lipinski definition) is 2. The van der Waals surface area contributed by atoms with Gasteiger partial charge in [0.25, 0.3) is 0 Å². The smallest absolute Gasteiger partial charge is 0.410 e. The minimum atomic E-state index is -2.17. The van der Waals surface area contributed by atoms with E-state index in [1.54, 1.807) is 11.9 Å². The van der Waals surface area contributed by atoms with E-state index >= 15 is 0 Å². The van der Waals surface area contributed by atoms with Crippen LogP contribution in [-0.4, -0.2) is 93.5 Å². The van der Waals surface area contributed by atoms with Crippen molar-refractivity contribution in [2.24, 2.45) is 0 Å². The fraction of sp³-hybridized carbons (Fsp3) is 0.686. The maximum Gasteiger partial charge on any atom is 0.410 e. The average molecular weight is 656 g/mol. The largest absolute Gasteiger partial charge is 0.491 e. The van der Waals surface area contributed by atoms with E-state index in [0.29, 0.717) is 30.6 Å². The number of carbonyl (C=O) groups excluding carboxylic acids is 1. The molecule has 2 N–H and O–H groups in total. The Bertz CT molecular complexity index is 1310. The molecule has 2 fully saturated rings. The third-order valence-corrected chi connectivity index (χ3v) is 13.7. The Morgan fingerprint density at radius 3 is 2.48 bits per heavy atom. The lowest BCUT2D eigenvalue weighted by molar-refractivity contribution is 0.0172. The number of aromatic nitrogens is 2. The van der Waals surface area contributed by atoms with Crippen molar-refractivity contribution in [1.82, 2.24) is 20.2 Å². The summed E-state index contributed by atoms with van der Waals surface area (Å²) in [5.41, 5.74) is 2.55. The second kappa shape index (κ2) is 15.0. The fourth-order valence-electron chi connectivity index (χ4n) is 5.49. The number of likely N-dealkylation sites (N-methyl/N-ethyl adjacent to an activating group) is 1. The summed E-state index contributed by atoms with van der Waals surface area (Å²) in [5.74, 6) is 2.66. The number of amides is 1. The summed E-state index contributed by atoms with van der Waals surface area (Å²) >= 11 is 0. The molecule has 2 aliphatic heterocycles. The molecule has 2 saturated heterocycles. The maximum absolute atomic E-state index is 12.8. The first-order chi connectivity index (χ1) is 21.5. The molecule has 0 radical (unpaired) electrons. The normalized spacial score (nSPS) is 18.7. The van der Waals surface area contributed by atoms with Crippen LogP contribution in [-0.2, 0) is 13.9 Å². The lowest BCUT2D eigenvalue weighted by Crippen LogP contribution is -2.49. The lowest BCUT2D eigenvalue weighted by Gasteiger charge is -2.40. The van der Waals surface area contributed by atoms with Crippen molar-refractivity contribution in [1.29, 1.82) is 0 Å². The predicted molar refractivity (Wildman–Crippen MR) is 186 cm³/mol. The van der Waals surface area contributed by atoms with Crippen LogP contribution >= 0.6 is 0 Å². The van der Waals surface area contributed by atoms with E-state index in [-0.39, 0.29) is 29.9 Å². The summed E-state index contributed by atoms with van der Waals surface area (Å²) in [7, 11) is -0.423.